The number of hydrogen-bond acceptors (Lipinski definition) is 5. The van der Waals surface area contributed by atoms with Crippen molar-refractivity contribution in [2.45, 2.75) is 19.1 Å². The van der Waals surface area contributed by atoms with E-state index in [1.54, 1.807) is 6.07 Å². The molecular formula is C12H17NO5. The number of amides is 1. The molecule has 1 rings (SSSR count). The number of benzene rings is 1. The molecule has 2 unspecified atom stereocenters. The monoisotopic (exact) mass is 255 g/mol. The molecule has 100 valence electrons. The zero-order chi connectivity index (χ0) is 13.7. The van der Waals surface area contributed by atoms with Gasteiger partial charge in [-0.15, -0.1) is 0 Å². The Balaban J connectivity index is 3.01. The fourth-order valence-corrected chi connectivity index (χ4v) is 1.48. The molecule has 0 aliphatic heterocycles. The second kappa shape index (κ2) is 6.23. The Morgan fingerprint density at radius 2 is 2.06 bits per heavy atom. The SMILES string of the molecule is CCOc1ccc(C(O)C(O)C(N)=O)cc1OC. The molecule has 2 atom stereocenters. The number of ether oxygens (including phenoxy) is 2. The third kappa shape index (κ3) is 3.12. The van der Waals surface area contributed by atoms with Crippen molar-refractivity contribution in [3.8, 4) is 11.5 Å². The number of rotatable bonds is 6. The van der Waals surface area contributed by atoms with Crippen molar-refractivity contribution >= 4 is 5.91 Å². The van der Waals surface area contributed by atoms with Gasteiger partial charge in [-0.2, -0.15) is 0 Å². The highest BCUT2D eigenvalue weighted by atomic mass is 16.5. The van der Waals surface area contributed by atoms with Gasteiger partial charge in [0.05, 0.1) is 13.7 Å². The summed E-state index contributed by atoms with van der Waals surface area (Å²) in [6.45, 7) is 2.31. The lowest BCUT2D eigenvalue weighted by molar-refractivity contribution is -0.131. The van der Waals surface area contributed by atoms with Gasteiger partial charge in [-0.1, -0.05) is 6.07 Å². The van der Waals surface area contributed by atoms with E-state index in [1.165, 1.54) is 19.2 Å². The molecule has 0 saturated carbocycles. The Labute approximate surface area is 105 Å². The van der Waals surface area contributed by atoms with Gasteiger partial charge in [0.25, 0.3) is 0 Å². The van der Waals surface area contributed by atoms with Crippen molar-refractivity contribution < 1.29 is 24.5 Å². The van der Waals surface area contributed by atoms with E-state index in [-0.39, 0.29) is 0 Å². The molecule has 0 aliphatic carbocycles. The second-order valence-electron chi connectivity index (χ2n) is 3.64. The number of hydrogen-bond donors (Lipinski definition) is 3. The van der Waals surface area contributed by atoms with Gasteiger partial charge >= 0.3 is 0 Å². The van der Waals surface area contributed by atoms with Gasteiger partial charge in [0, 0.05) is 0 Å². The van der Waals surface area contributed by atoms with Crippen LogP contribution in [-0.2, 0) is 4.79 Å². The van der Waals surface area contributed by atoms with Crippen LogP contribution < -0.4 is 15.2 Å². The molecule has 6 heteroatoms. The van der Waals surface area contributed by atoms with Crippen molar-refractivity contribution in [3.63, 3.8) is 0 Å². The van der Waals surface area contributed by atoms with E-state index in [2.05, 4.69) is 0 Å². The van der Waals surface area contributed by atoms with Gasteiger partial charge in [0.1, 0.15) is 6.10 Å². The highest BCUT2D eigenvalue weighted by Crippen LogP contribution is 2.31. The van der Waals surface area contributed by atoms with Gasteiger partial charge in [-0.05, 0) is 24.6 Å². The predicted octanol–water partition coefficient (Wildman–Crippen LogP) is -0.0265. The largest absolute Gasteiger partial charge is 0.493 e. The smallest absolute Gasteiger partial charge is 0.249 e. The van der Waals surface area contributed by atoms with Crippen molar-refractivity contribution in [1.82, 2.24) is 0 Å². The summed E-state index contributed by atoms with van der Waals surface area (Å²) < 4.78 is 10.4. The fourth-order valence-electron chi connectivity index (χ4n) is 1.48. The average molecular weight is 255 g/mol. The van der Waals surface area contributed by atoms with Crippen LogP contribution in [0.4, 0.5) is 0 Å². The molecule has 1 aromatic carbocycles. The summed E-state index contributed by atoms with van der Waals surface area (Å²) in [7, 11) is 1.46. The Kier molecular flexibility index (Phi) is 4.94. The zero-order valence-corrected chi connectivity index (χ0v) is 10.3. The third-order valence-corrected chi connectivity index (χ3v) is 2.42. The van der Waals surface area contributed by atoms with E-state index in [0.29, 0.717) is 23.7 Å². The Bertz CT molecular complexity index is 421. The van der Waals surface area contributed by atoms with Crippen LogP contribution in [0.2, 0.25) is 0 Å². The van der Waals surface area contributed by atoms with Crippen LogP contribution in [0.15, 0.2) is 18.2 Å². The molecule has 18 heavy (non-hydrogen) atoms. The molecule has 0 heterocycles. The van der Waals surface area contributed by atoms with Crippen LogP contribution >= 0.6 is 0 Å². The molecule has 0 bridgehead atoms. The normalized spacial score (nSPS) is 13.8. The average Bonchev–Trinajstić information content (AvgIpc) is 2.37. The molecule has 6 nitrogen and oxygen atoms in total. The van der Waals surface area contributed by atoms with Gasteiger partial charge in [-0.25, -0.2) is 0 Å². The molecule has 0 aromatic heterocycles. The van der Waals surface area contributed by atoms with Crippen LogP contribution in [0.3, 0.4) is 0 Å². The molecule has 0 radical (unpaired) electrons. The van der Waals surface area contributed by atoms with Gasteiger partial charge in [-0.3, -0.25) is 4.79 Å². The summed E-state index contributed by atoms with van der Waals surface area (Å²) in [6.07, 6.45) is -3.06. The van der Waals surface area contributed by atoms with Gasteiger partial charge in [0.2, 0.25) is 5.91 Å². The van der Waals surface area contributed by atoms with Crippen molar-refractivity contribution in [1.29, 1.82) is 0 Å². The zero-order valence-electron chi connectivity index (χ0n) is 10.3. The number of primary amides is 1. The maximum Gasteiger partial charge on any atom is 0.249 e. The van der Waals surface area contributed by atoms with E-state index < -0.39 is 18.1 Å². The lowest BCUT2D eigenvalue weighted by atomic mass is 10.0. The van der Waals surface area contributed by atoms with Gasteiger partial charge in [0.15, 0.2) is 17.6 Å². The number of aliphatic hydroxyl groups excluding tert-OH is 2. The Hall–Kier alpha value is -1.79. The first-order valence-corrected chi connectivity index (χ1v) is 5.47. The number of methoxy groups -OCH3 is 1. The summed E-state index contributed by atoms with van der Waals surface area (Å²) in [6, 6.07) is 4.61. The van der Waals surface area contributed by atoms with Crippen molar-refractivity contribution in [2.75, 3.05) is 13.7 Å². The molecule has 1 aromatic rings. The molecule has 0 spiro atoms. The van der Waals surface area contributed by atoms with E-state index in [9.17, 15) is 15.0 Å². The first-order valence-electron chi connectivity index (χ1n) is 5.47. The molecule has 0 aliphatic rings. The van der Waals surface area contributed by atoms with Crippen molar-refractivity contribution in [2.24, 2.45) is 5.73 Å². The van der Waals surface area contributed by atoms with Crippen LogP contribution in [0.1, 0.15) is 18.6 Å². The van der Waals surface area contributed by atoms with E-state index in [0.717, 1.165) is 0 Å². The standard InChI is InChI=1S/C12H17NO5/c1-3-18-8-5-4-7(6-9(8)17-2)10(14)11(15)12(13)16/h4-6,10-11,14-15H,3H2,1-2H3,(H2,13,16). The number of nitrogens with two attached hydrogens (primary N) is 1. The summed E-state index contributed by atoms with van der Waals surface area (Å²) in [4.78, 5) is 10.8. The van der Waals surface area contributed by atoms with Crippen LogP contribution in [0, 0.1) is 0 Å². The Morgan fingerprint density at radius 1 is 1.39 bits per heavy atom. The molecular weight excluding hydrogens is 238 g/mol. The number of carbonyl (C=O) groups is 1. The fraction of sp³-hybridized carbons (Fsp3) is 0.417. The third-order valence-electron chi connectivity index (χ3n) is 2.42. The summed E-state index contributed by atoms with van der Waals surface area (Å²) in [5, 5.41) is 19.1. The number of carbonyl (C=O) groups excluding carboxylic acids is 1. The lowest BCUT2D eigenvalue weighted by Crippen LogP contribution is -2.33. The lowest BCUT2D eigenvalue weighted by Gasteiger charge is -2.17. The predicted molar refractivity (Wildman–Crippen MR) is 64.3 cm³/mol. The van der Waals surface area contributed by atoms with Crippen LogP contribution in [-0.4, -0.2) is 35.9 Å². The number of aliphatic hydroxyl groups is 2. The van der Waals surface area contributed by atoms with Crippen LogP contribution in [0.5, 0.6) is 11.5 Å². The summed E-state index contributed by atoms with van der Waals surface area (Å²) >= 11 is 0. The highest BCUT2D eigenvalue weighted by Gasteiger charge is 2.24. The molecule has 4 N–H and O–H groups in total. The minimum Gasteiger partial charge on any atom is -0.493 e. The first kappa shape index (κ1) is 14.3. The first-order chi connectivity index (χ1) is 8.51. The molecule has 0 saturated heterocycles. The second-order valence-corrected chi connectivity index (χ2v) is 3.64. The topological polar surface area (TPSA) is 102 Å². The maximum atomic E-state index is 10.8. The minimum atomic E-state index is -1.66. The van der Waals surface area contributed by atoms with Crippen molar-refractivity contribution in [3.05, 3.63) is 23.8 Å². The van der Waals surface area contributed by atoms with E-state index in [1.807, 2.05) is 6.92 Å². The van der Waals surface area contributed by atoms with Crippen LogP contribution in [0.25, 0.3) is 0 Å². The summed E-state index contributed by atoms with van der Waals surface area (Å²) in [5.41, 5.74) is 5.24. The quantitative estimate of drug-likeness (QED) is 0.662. The molecule has 1 amide bonds. The Morgan fingerprint density at radius 3 is 2.56 bits per heavy atom. The molecule has 0 fully saturated rings. The minimum absolute atomic E-state index is 0.321. The van der Waals surface area contributed by atoms with E-state index in [4.69, 9.17) is 15.2 Å². The highest BCUT2D eigenvalue weighted by molar-refractivity contribution is 5.79. The van der Waals surface area contributed by atoms with Gasteiger partial charge < -0.3 is 25.4 Å². The maximum absolute atomic E-state index is 10.8. The van der Waals surface area contributed by atoms with E-state index >= 15 is 0 Å². The summed E-state index contributed by atoms with van der Waals surface area (Å²) in [5.74, 6) is -0.0649.